The molecule has 0 radical (unpaired) electrons. The zero-order chi connectivity index (χ0) is 18.9. The highest BCUT2D eigenvalue weighted by molar-refractivity contribution is 5.29. The third kappa shape index (κ3) is 5.66. The predicted octanol–water partition coefficient (Wildman–Crippen LogP) is 3.73. The zero-order valence-electron chi connectivity index (χ0n) is 16.1. The summed E-state index contributed by atoms with van der Waals surface area (Å²) in [6.07, 6.45) is 6.03. The van der Waals surface area contributed by atoms with Gasteiger partial charge in [0, 0.05) is 25.6 Å². The van der Waals surface area contributed by atoms with Gasteiger partial charge < -0.3 is 24.4 Å². The third-order valence-electron chi connectivity index (χ3n) is 4.67. The smallest absolute Gasteiger partial charge is 0.118 e. The summed E-state index contributed by atoms with van der Waals surface area (Å²) in [6.45, 7) is 2.36. The molecular formula is C22H28N2O3. The molecule has 0 saturated heterocycles. The van der Waals surface area contributed by atoms with Crippen LogP contribution in [0.5, 0.6) is 11.5 Å². The SMILES string of the molecule is COc1ccc(CCCO[C@H](CN2C=CNC2)c2ccc(OC)cc2)cc1. The predicted molar refractivity (Wildman–Crippen MR) is 107 cm³/mol. The summed E-state index contributed by atoms with van der Waals surface area (Å²) in [5.41, 5.74) is 2.47. The monoisotopic (exact) mass is 368 g/mol. The fraction of sp³-hybridized carbons (Fsp3) is 0.364. The molecular weight excluding hydrogens is 340 g/mol. The van der Waals surface area contributed by atoms with E-state index in [-0.39, 0.29) is 6.10 Å². The molecule has 0 unspecified atom stereocenters. The van der Waals surface area contributed by atoms with Gasteiger partial charge >= 0.3 is 0 Å². The van der Waals surface area contributed by atoms with Crippen LogP contribution in [-0.2, 0) is 11.2 Å². The Labute approximate surface area is 161 Å². The maximum Gasteiger partial charge on any atom is 0.118 e. The minimum atomic E-state index is 0.0244. The summed E-state index contributed by atoms with van der Waals surface area (Å²) >= 11 is 0. The molecule has 0 saturated carbocycles. The van der Waals surface area contributed by atoms with Crippen LogP contribution in [0.4, 0.5) is 0 Å². The Kier molecular flexibility index (Phi) is 6.99. The van der Waals surface area contributed by atoms with Gasteiger partial charge in [-0.1, -0.05) is 24.3 Å². The van der Waals surface area contributed by atoms with Gasteiger partial charge in [-0.2, -0.15) is 0 Å². The topological polar surface area (TPSA) is 43.0 Å². The molecule has 0 spiro atoms. The number of hydrogen-bond donors (Lipinski definition) is 1. The number of methoxy groups -OCH3 is 2. The van der Waals surface area contributed by atoms with Crippen LogP contribution < -0.4 is 14.8 Å². The van der Waals surface area contributed by atoms with Crippen LogP contribution in [0.15, 0.2) is 60.9 Å². The first kappa shape index (κ1) is 19.1. The van der Waals surface area contributed by atoms with Crippen molar-refractivity contribution in [1.29, 1.82) is 0 Å². The molecule has 1 aliphatic rings. The zero-order valence-corrected chi connectivity index (χ0v) is 16.1. The average Bonchev–Trinajstić information content (AvgIpc) is 3.24. The van der Waals surface area contributed by atoms with Crippen LogP contribution in [0.1, 0.15) is 23.7 Å². The molecule has 2 aromatic carbocycles. The van der Waals surface area contributed by atoms with Gasteiger partial charge in [0.2, 0.25) is 0 Å². The van der Waals surface area contributed by atoms with Crippen LogP contribution in [0, 0.1) is 0 Å². The Hall–Kier alpha value is -2.66. The Bertz CT molecular complexity index is 713. The molecule has 3 rings (SSSR count). The Morgan fingerprint density at radius 2 is 1.63 bits per heavy atom. The Balaban J connectivity index is 1.54. The van der Waals surface area contributed by atoms with Gasteiger partial charge in [0.15, 0.2) is 0 Å². The molecule has 0 aliphatic carbocycles. The largest absolute Gasteiger partial charge is 0.497 e. The van der Waals surface area contributed by atoms with Crippen molar-refractivity contribution in [2.45, 2.75) is 18.9 Å². The summed E-state index contributed by atoms with van der Waals surface area (Å²) in [6, 6.07) is 16.4. The Morgan fingerprint density at radius 1 is 0.963 bits per heavy atom. The minimum Gasteiger partial charge on any atom is -0.497 e. The van der Waals surface area contributed by atoms with E-state index >= 15 is 0 Å². The van der Waals surface area contributed by atoms with Gasteiger partial charge in [0.05, 0.1) is 27.0 Å². The lowest BCUT2D eigenvalue weighted by atomic mass is 10.1. The molecule has 0 fully saturated rings. The van der Waals surface area contributed by atoms with E-state index in [0.717, 1.165) is 37.6 Å². The van der Waals surface area contributed by atoms with Crippen molar-refractivity contribution in [2.24, 2.45) is 0 Å². The van der Waals surface area contributed by atoms with Crippen LogP contribution >= 0.6 is 0 Å². The van der Waals surface area contributed by atoms with Gasteiger partial charge in [-0.3, -0.25) is 0 Å². The van der Waals surface area contributed by atoms with E-state index < -0.39 is 0 Å². The Morgan fingerprint density at radius 3 is 2.22 bits per heavy atom. The van der Waals surface area contributed by atoms with Crippen molar-refractivity contribution >= 4 is 0 Å². The van der Waals surface area contributed by atoms with Gasteiger partial charge in [-0.05, 0) is 48.2 Å². The van der Waals surface area contributed by atoms with Gasteiger partial charge in [0.25, 0.3) is 0 Å². The lowest BCUT2D eigenvalue weighted by molar-refractivity contribution is 0.0337. The number of rotatable bonds is 10. The minimum absolute atomic E-state index is 0.0244. The van der Waals surface area contributed by atoms with Crippen molar-refractivity contribution in [3.8, 4) is 11.5 Å². The van der Waals surface area contributed by atoms with E-state index in [2.05, 4.69) is 40.7 Å². The molecule has 1 N–H and O–H groups in total. The van der Waals surface area contributed by atoms with Crippen molar-refractivity contribution in [1.82, 2.24) is 10.2 Å². The maximum atomic E-state index is 6.26. The summed E-state index contributed by atoms with van der Waals surface area (Å²) in [7, 11) is 3.37. The van der Waals surface area contributed by atoms with Gasteiger partial charge in [-0.25, -0.2) is 0 Å². The number of nitrogens with zero attached hydrogens (tertiary/aromatic N) is 1. The highest BCUT2D eigenvalue weighted by Gasteiger charge is 2.16. The van der Waals surface area contributed by atoms with Gasteiger partial charge in [0.1, 0.15) is 11.5 Å². The molecule has 2 aromatic rings. The number of nitrogens with one attached hydrogen (secondary N) is 1. The second kappa shape index (κ2) is 9.88. The molecule has 0 bridgehead atoms. The highest BCUT2D eigenvalue weighted by atomic mass is 16.5. The molecule has 1 heterocycles. The normalized spacial score (nSPS) is 14.1. The number of hydrogen-bond acceptors (Lipinski definition) is 5. The summed E-state index contributed by atoms with van der Waals surface area (Å²) in [5.74, 6) is 1.75. The second-order valence-electron chi connectivity index (χ2n) is 6.53. The second-order valence-corrected chi connectivity index (χ2v) is 6.53. The lowest BCUT2D eigenvalue weighted by Crippen LogP contribution is -2.27. The molecule has 5 nitrogen and oxygen atoms in total. The molecule has 27 heavy (non-hydrogen) atoms. The van der Waals surface area contributed by atoms with Crippen molar-refractivity contribution < 1.29 is 14.2 Å². The van der Waals surface area contributed by atoms with Crippen LogP contribution in [0.2, 0.25) is 0 Å². The molecule has 0 amide bonds. The van der Waals surface area contributed by atoms with Crippen molar-refractivity contribution in [3.05, 3.63) is 72.1 Å². The molecule has 5 heteroatoms. The first-order chi connectivity index (χ1) is 13.3. The number of benzene rings is 2. The van der Waals surface area contributed by atoms with Crippen LogP contribution in [0.25, 0.3) is 0 Å². The van der Waals surface area contributed by atoms with E-state index in [1.807, 2.05) is 30.5 Å². The maximum absolute atomic E-state index is 6.26. The number of aryl methyl sites for hydroxylation is 1. The van der Waals surface area contributed by atoms with E-state index in [9.17, 15) is 0 Å². The third-order valence-corrected chi connectivity index (χ3v) is 4.67. The van der Waals surface area contributed by atoms with Crippen molar-refractivity contribution in [3.63, 3.8) is 0 Å². The van der Waals surface area contributed by atoms with Gasteiger partial charge in [-0.15, -0.1) is 0 Å². The van der Waals surface area contributed by atoms with Crippen LogP contribution in [-0.4, -0.2) is 38.9 Å². The van der Waals surface area contributed by atoms with Crippen LogP contribution in [0.3, 0.4) is 0 Å². The first-order valence-electron chi connectivity index (χ1n) is 9.31. The molecule has 1 aliphatic heterocycles. The van der Waals surface area contributed by atoms with E-state index in [0.29, 0.717) is 6.61 Å². The average molecular weight is 368 g/mol. The van der Waals surface area contributed by atoms with E-state index in [1.54, 1.807) is 14.2 Å². The molecule has 0 aromatic heterocycles. The fourth-order valence-corrected chi connectivity index (χ4v) is 3.09. The quantitative estimate of drug-likeness (QED) is 0.648. The van der Waals surface area contributed by atoms with E-state index in [1.165, 1.54) is 11.1 Å². The summed E-state index contributed by atoms with van der Waals surface area (Å²) < 4.78 is 16.7. The highest BCUT2D eigenvalue weighted by Crippen LogP contribution is 2.23. The fourth-order valence-electron chi connectivity index (χ4n) is 3.09. The standard InChI is InChI=1S/C22H28N2O3/c1-25-20-9-5-18(6-10-20)4-3-15-27-22(16-24-14-13-23-17-24)19-7-11-21(26-2)12-8-19/h5-14,22-23H,3-4,15-17H2,1-2H3/t22-/m1/s1. The summed E-state index contributed by atoms with van der Waals surface area (Å²) in [4.78, 5) is 2.22. The molecule has 144 valence electrons. The summed E-state index contributed by atoms with van der Waals surface area (Å²) in [5, 5.41) is 3.21. The van der Waals surface area contributed by atoms with E-state index in [4.69, 9.17) is 14.2 Å². The first-order valence-corrected chi connectivity index (χ1v) is 9.31. The number of ether oxygens (including phenoxy) is 3. The molecule has 1 atom stereocenters. The lowest BCUT2D eigenvalue weighted by Gasteiger charge is -2.24. The van der Waals surface area contributed by atoms with Crippen molar-refractivity contribution in [2.75, 3.05) is 34.0 Å².